The average Bonchev–Trinajstić information content (AvgIpc) is 2.24. The Morgan fingerprint density at radius 1 is 1.38 bits per heavy atom. The predicted molar refractivity (Wildman–Crippen MR) is 68.8 cm³/mol. The third kappa shape index (κ3) is 4.81. The Labute approximate surface area is 101 Å². The van der Waals surface area contributed by atoms with Gasteiger partial charge in [-0.05, 0) is 32.7 Å². The van der Waals surface area contributed by atoms with E-state index in [2.05, 4.69) is 37.9 Å². The lowest BCUT2D eigenvalue weighted by Gasteiger charge is -2.38. The Morgan fingerprint density at radius 3 is 2.75 bits per heavy atom. The van der Waals surface area contributed by atoms with Crippen LogP contribution in [-0.4, -0.2) is 49.8 Å². The molecular formula is C13H28N2O. The van der Waals surface area contributed by atoms with Crippen molar-refractivity contribution in [2.24, 2.45) is 5.92 Å². The minimum absolute atomic E-state index is 0.565. The van der Waals surface area contributed by atoms with Crippen molar-refractivity contribution in [1.29, 1.82) is 0 Å². The van der Waals surface area contributed by atoms with Gasteiger partial charge in [0.15, 0.2) is 0 Å². The number of nitrogens with one attached hydrogen (secondary N) is 1. The van der Waals surface area contributed by atoms with Crippen molar-refractivity contribution in [1.82, 2.24) is 10.2 Å². The fourth-order valence-electron chi connectivity index (χ4n) is 2.21. The summed E-state index contributed by atoms with van der Waals surface area (Å²) in [5, 5.41) is 3.55. The molecule has 0 bridgehead atoms. The molecule has 0 aromatic heterocycles. The summed E-state index contributed by atoms with van der Waals surface area (Å²) in [4.78, 5) is 2.55. The van der Waals surface area contributed by atoms with Crippen LogP contribution >= 0.6 is 0 Å². The van der Waals surface area contributed by atoms with Gasteiger partial charge >= 0.3 is 0 Å². The molecule has 2 atom stereocenters. The lowest BCUT2D eigenvalue weighted by Crippen LogP contribution is -2.51. The summed E-state index contributed by atoms with van der Waals surface area (Å²) >= 11 is 0. The zero-order valence-corrected chi connectivity index (χ0v) is 11.3. The lowest BCUT2D eigenvalue weighted by atomic mass is 10.1. The molecule has 16 heavy (non-hydrogen) atoms. The largest absolute Gasteiger partial charge is 0.379 e. The first-order chi connectivity index (χ1) is 7.61. The molecule has 0 amide bonds. The highest BCUT2D eigenvalue weighted by molar-refractivity contribution is 4.77. The summed E-state index contributed by atoms with van der Waals surface area (Å²) in [5.74, 6) is 0.796. The standard InChI is InChI=1S/C13H28N2O/c1-11(2)5-6-14-9-12(3)15-7-8-16-10-13(15)4/h11-14H,5-10H2,1-4H3. The second kappa shape index (κ2) is 7.25. The van der Waals surface area contributed by atoms with E-state index in [9.17, 15) is 0 Å². The maximum Gasteiger partial charge on any atom is 0.0619 e. The monoisotopic (exact) mass is 228 g/mol. The Kier molecular flexibility index (Phi) is 6.32. The first kappa shape index (κ1) is 13.9. The molecule has 2 unspecified atom stereocenters. The Morgan fingerprint density at radius 2 is 2.12 bits per heavy atom. The second-order valence-electron chi connectivity index (χ2n) is 5.40. The zero-order chi connectivity index (χ0) is 12.0. The van der Waals surface area contributed by atoms with Crippen molar-refractivity contribution in [3.05, 3.63) is 0 Å². The van der Waals surface area contributed by atoms with Crippen molar-refractivity contribution < 1.29 is 4.74 Å². The Bertz CT molecular complexity index is 185. The molecular weight excluding hydrogens is 200 g/mol. The van der Waals surface area contributed by atoms with Gasteiger partial charge in [0.05, 0.1) is 13.2 Å². The molecule has 1 heterocycles. The highest BCUT2D eigenvalue weighted by Gasteiger charge is 2.22. The molecule has 3 heteroatoms. The topological polar surface area (TPSA) is 24.5 Å². The molecule has 1 fully saturated rings. The molecule has 1 rings (SSSR count). The first-order valence-corrected chi connectivity index (χ1v) is 6.65. The molecule has 0 aromatic carbocycles. The van der Waals surface area contributed by atoms with E-state index in [4.69, 9.17) is 4.74 Å². The van der Waals surface area contributed by atoms with Gasteiger partial charge < -0.3 is 10.1 Å². The van der Waals surface area contributed by atoms with Gasteiger partial charge in [0.1, 0.15) is 0 Å². The van der Waals surface area contributed by atoms with Crippen molar-refractivity contribution in [3.63, 3.8) is 0 Å². The summed E-state index contributed by atoms with van der Waals surface area (Å²) in [6.07, 6.45) is 1.27. The van der Waals surface area contributed by atoms with Crippen LogP contribution < -0.4 is 5.32 Å². The van der Waals surface area contributed by atoms with Gasteiger partial charge in [0.25, 0.3) is 0 Å². The van der Waals surface area contributed by atoms with Gasteiger partial charge in [0.2, 0.25) is 0 Å². The Hall–Kier alpha value is -0.120. The van der Waals surface area contributed by atoms with Crippen LogP contribution in [0.1, 0.15) is 34.1 Å². The first-order valence-electron chi connectivity index (χ1n) is 6.65. The molecule has 0 saturated carbocycles. The second-order valence-corrected chi connectivity index (χ2v) is 5.40. The van der Waals surface area contributed by atoms with Crippen LogP contribution in [-0.2, 0) is 4.74 Å². The third-order valence-corrected chi connectivity index (χ3v) is 3.32. The summed E-state index contributed by atoms with van der Waals surface area (Å²) in [6.45, 7) is 14.2. The fourth-order valence-corrected chi connectivity index (χ4v) is 2.21. The van der Waals surface area contributed by atoms with E-state index in [1.54, 1.807) is 0 Å². The van der Waals surface area contributed by atoms with E-state index >= 15 is 0 Å². The number of nitrogens with zero attached hydrogens (tertiary/aromatic N) is 1. The molecule has 0 aromatic rings. The quantitative estimate of drug-likeness (QED) is 0.701. The lowest BCUT2D eigenvalue weighted by molar-refractivity contribution is -0.0181. The van der Waals surface area contributed by atoms with Crippen LogP contribution in [0.2, 0.25) is 0 Å². The van der Waals surface area contributed by atoms with Gasteiger partial charge in [-0.25, -0.2) is 0 Å². The van der Waals surface area contributed by atoms with E-state index < -0.39 is 0 Å². The van der Waals surface area contributed by atoms with Crippen molar-refractivity contribution in [3.8, 4) is 0 Å². The van der Waals surface area contributed by atoms with E-state index in [0.29, 0.717) is 12.1 Å². The molecule has 1 aliphatic heterocycles. The van der Waals surface area contributed by atoms with Crippen LogP contribution in [0.4, 0.5) is 0 Å². The maximum absolute atomic E-state index is 5.46. The summed E-state index contributed by atoms with van der Waals surface area (Å²) in [6, 6.07) is 1.18. The zero-order valence-electron chi connectivity index (χ0n) is 11.3. The number of morpholine rings is 1. The van der Waals surface area contributed by atoms with Gasteiger partial charge in [0, 0.05) is 25.2 Å². The molecule has 1 saturated heterocycles. The van der Waals surface area contributed by atoms with E-state index in [0.717, 1.165) is 38.8 Å². The highest BCUT2D eigenvalue weighted by Crippen LogP contribution is 2.10. The molecule has 0 radical (unpaired) electrons. The normalized spacial score (nSPS) is 24.9. The molecule has 1 aliphatic rings. The van der Waals surface area contributed by atoms with Gasteiger partial charge in [-0.1, -0.05) is 13.8 Å². The maximum atomic E-state index is 5.46. The van der Waals surface area contributed by atoms with E-state index in [1.807, 2.05) is 0 Å². The predicted octanol–water partition coefficient (Wildman–Crippen LogP) is 1.73. The SMILES string of the molecule is CC(C)CCNCC(C)N1CCOCC1C. The minimum Gasteiger partial charge on any atom is -0.379 e. The van der Waals surface area contributed by atoms with Crippen LogP contribution in [0.5, 0.6) is 0 Å². The summed E-state index contributed by atoms with van der Waals surface area (Å²) < 4.78 is 5.46. The van der Waals surface area contributed by atoms with Crippen LogP contribution in [0.15, 0.2) is 0 Å². The van der Waals surface area contributed by atoms with Crippen molar-refractivity contribution in [2.45, 2.75) is 46.2 Å². The fraction of sp³-hybridized carbons (Fsp3) is 1.00. The van der Waals surface area contributed by atoms with E-state index in [-0.39, 0.29) is 0 Å². The van der Waals surface area contributed by atoms with Crippen molar-refractivity contribution >= 4 is 0 Å². The molecule has 0 spiro atoms. The smallest absolute Gasteiger partial charge is 0.0619 e. The average molecular weight is 228 g/mol. The third-order valence-electron chi connectivity index (χ3n) is 3.32. The van der Waals surface area contributed by atoms with Gasteiger partial charge in [-0.15, -0.1) is 0 Å². The molecule has 1 N–H and O–H groups in total. The van der Waals surface area contributed by atoms with E-state index in [1.165, 1.54) is 6.42 Å². The number of hydrogen-bond donors (Lipinski definition) is 1. The molecule has 3 nitrogen and oxygen atoms in total. The van der Waals surface area contributed by atoms with Crippen LogP contribution in [0.25, 0.3) is 0 Å². The molecule has 96 valence electrons. The van der Waals surface area contributed by atoms with Crippen LogP contribution in [0, 0.1) is 5.92 Å². The number of rotatable bonds is 6. The van der Waals surface area contributed by atoms with Crippen LogP contribution in [0.3, 0.4) is 0 Å². The Balaban J connectivity index is 2.15. The summed E-state index contributed by atoms with van der Waals surface area (Å²) in [5.41, 5.74) is 0. The minimum atomic E-state index is 0.565. The van der Waals surface area contributed by atoms with Gasteiger partial charge in [-0.3, -0.25) is 4.90 Å². The summed E-state index contributed by atoms with van der Waals surface area (Å²) in [7, 11) is 0. The van der Waals surface area contributed by atoms with Gasteiger partial charge in [-0.2, -0.15) is 0 Å². The molecule has 0 aliphatic carbocycles. The highest BCUT2D eigenvalue weighted by atomic mass is 16.5. The number of hydrogen-bond acceptors (Lipinski definition) is 3. The van der Waals surface area contributed by atoms with Crippen molar-refractivity contribution in [2.75, 3.05) is 32.8 Å². The number of ether oxygens (including phenoxy) is 1.